The summed E-state index contributed by atoms with van der Waals surface area (Å²) in [4.78, 5) is 41.5. The van der Waals surface area contributed by atoms with Crippen LogP contribution in [-0.2, 0) is 17.7 Å². The maximum Gasteiger partial charge on any atom is 0.277 e. The number of rotatable bonds is 6. The van der Waals surface area contributed by atoms with Crippen molar-refractivity contribution in [3.63, 3.8) is 0 Å². The smallest absolute Gasteiger partial charge is 0.277 e. The number of hydrogen-bond acceptors (Lipinski definition) is 5. The fourth-order valence-electron chi connectivity index (χ4n) is 5.53. The quantitative estimate of drug-likeness (QED) is 0.349. The zero-order chi connectivity index (χ0) is 28.0. The number of halogens is 2. The van der Waals surface area contributed by atoms with Crippen LogP contribution in [-0.4, -0.2) is 32.5 Å². The van der Waals surface area contributed by atoms with Crippen LogP contribution in [0.5, 0.6) is 5.75 Å². The van der Waals surface area contributed by atoms with Crippen LogP contribution in [0.1, 0.15) is 56.1 Å². The second-order valence-corrected chi connectivity index (χ2v) is 9.87. The number of hydrogen-bond donors (Lipinski definition) is 1. The lowest BCUT2D eigenvalue weighted by Crippen LogP contribution is -2.47. The van der Waals surface area contributed by atoms with Crippen LogP contribution < -0.4 is 5.43 Å². The number of carbonyl (C=O) groups is 2. The van der Waals surface area contributed by atoms with Crippen molar-refractivity contribution >= 4 is 11.7 Å². The van der Waals surface area contributed by atoms with Gasteiger partial charge in [0, 0.05) is 18.7 Å². The van der Waals surface area contributed by atoms with Gasteiger partial charge in [0.15, 0.2) is 23.5 Å². The zero-order valence-electron chi connectivity index (χ0n) is 21.2. The van der Waals surface area contributed by atoms with Crippen molar-refractivity contribution in [3.05, 3.63) is 135 Å². The van der Waals surface area contributed by atoms with Crippen LogP contribution >= 0.6 is 0 Å². The summed E-state index contributed by atoms with van der Waals surface area (Å²) in [5.74, 6) is -3.57. The molecular weight excluding hydrogens is 518 g/mol. The van der Waals surface area contributed by atoms with E-state index in [1.54, 1.807) is 4.90 Å². The number of Topliss-reactive ketones (excluding diaryl/α,β-unsaturated/α-hetero) is 1. The van der Waals surface area contributed by atoms with E-state index in [0.29, 0.717) is 0 Å². The predicted octanol–water partition coefficient (Wildman–Crippen LogP) is 4.94. The monoisotopic (exact) mass is 542 g/mol. The molecule has 2 aliphatic heterocycles. The zero-order valence-corrected chi connectivity index (χ0v) is 21.2. The number of aromatic nitrogens is 1. The molecule has 1 saturated heterocycles. The number of aryl methyl sites for hydroxylation is 1. The summed E-state index contributed by atoms with van der Waals surface area (Å²) in [6, 6.07) is 21.4. The molecule has 3 atom stereocenters. The molecule has 0 unspecified atom stereocenters. The second-order valence-electron chi connectivity index (χ2n) is 9.87. The molecule has 1 fully saturated rings. The SMILES string of the molecule is O=C(CCc1ccc(F)cc1F)c1cn2c(c(O)c1=O)C(=O)N1[C@H](c3ccccc3)[C@H](c3ccccc3)O[C@@H]1C2. The van der Waals surface area contributed by atoms with Gasteiger partial charge >= 0.3 is 0 Å². The van der Waals surface area contributed by atoms with Gasteiger partial charge in [-0.15, -0.1) is 0 Å². The van der Waals surface area contributed by atoms with Crippen molar-refractivity contribution in [3.8, 4) is 5.75 Å². The van der Waals surface area contributed by atoms with Crippen LogP contribution in [0.4, 0.5) is 8.78 Å². The topological polar surface area (TPSA) is 88.8 Å². The largest absolute Gasteiger partial charge is 0.503 e. The highest BCUT2D eigenvalue weighted by molar-refractivity contribution is 6.00. The Morgan fingerprint density at radius 1 is 0.950 bits per heavy atom. The highest BCUT2D eigenvalue weighted by Gasteiger charge is 2.50. The molecule has 3 aromatic carbocycles. The van der Waals surface area contributed by atoms with Crippen molar-refractivity contribution in [2.24, 2.45) is 0 Å². The Hall–Kier alpha value is -4.63. The first-order valence-corrected chi connectivity index (χ1v) is 12.8. The third-order valence-corrected chi connectivity index (χ3v) is 7.45. The van der Waals surface area contributed by atoms with Gasteiger partial charge in [0.1, 0.15) is 17.7 Å². The van der Waals surface area contributed by atoms with E-state index >= 15 is 0 Å². The predicted molar refractivity (Wildman–Crippen MR) is 141 cm³/mol. The number of amides is 1. The number of ether oxygens (including phenoxy) is 1. The molecule has 7 nitrogen and oxygen atoms in total. The van der Waals surface area contributed by atoms with Crippen LogP contribution in [0.25, 0.3) is 0 Å². The third kappa shape index (κ3) is 4.38. The maximum atomic E-state index is 14.0. The van der Waals surface area contributed by atoms with Crippen molar-refractivity contribution in [2.75, 3.05) is 0 Å². The average molecular weight is 543 g/mol. The second kappa shape index (κ2) is 10.2. The van der Waals surface area contributed by atoms with Crippen molar-refractivity contribution in [1.82, 2.24) is 9.47 Å². The van der Waals surface area contributed by atoms with E-state index in [9.17, 15) is 28.3 Å². The lowest BCUT2D eigenvalue weighted by molar-refractivity contribution is -0.0154. The summed E-state index contributed by atoms with van der Waals surface area (Å²) < 4.78 is 35.0. The van der Waals surface area contributed by atoms with Crippen LogP contribution in [0.2, 0.25) is 0 Å². The fraction of sp³-hybridized carbons (Fsp3) is 0.194. The number of fused-ring (bicyclic) bond motifs is 2. The van der Waals surface area contributed by atoms with E-state index in [-0.39, 0.29) is 36.2 Å². The molecule has 0 radical (unpaired) electrons. The number of benzene rings is 3. The Balaban J connectivity index is 1.34. The first kappa shape index (κ1) is 25.6. The number of carbonyl (C=O) groups excluding carboxylic acids is 2. The average Bonchev–Trinajstić information content (AvgIpc) is 3.35. The molecule has 6 rings (SSSR count). The Morgan fingerprint density at radius 2 is 1.62 bits per heavy atom. The summed E-state index contributed by atoms with van der Waals surface area (Å²) in [5, 5.41) is 10.9. The molecule has 9 heteroatoms. The molecule has 202 valence electrons. The van der Waals surface area contributed by atoms with Gasteiger partial charge in [-0.05, 0) is 29.2 Å². The number of aromatic hydroxyl groups is 1. The van der Waals surface area contributed by atoms with Gasteiger partial charge < -0.3 is 14.4 Å². The lowest BCUT2D eigenvalue weighted by Gasteiger charge is -2.35. The van der Waals surface area contributed by atoms with E-state index in [0.717, 1.165) is 23.3 Å². The van der Waals surface area contributed by atoms with E-state index in [1.807, 2.05) is 60.7 Å². The molecule has 1 aromatic heterocycles. The number of pyridine rings is 1. The summed E-state index contributed by atoms with van der Waals surface area (Å²) in [7, 11) is 0. The highest BCUT2D eigenvalue weighted by Crippen LogP contribution is 2.47. The van der Waals surface area contributed by atoms with Crippen molar-refractivity contribution in [1.29, 1.82) is 0 Å². The van der Waals surface area contributed by atoms with Crippen LogP contribution in [0.15, 0.2) is 89.9 Å². The summed E-state index contributed by atoms with van der Waals surface area (Å²) in [6.45, 7) is 0.0778. The molecule has 1 amide bonds. The molecule has 1 N–H and O–H groups in total. The van der Waals surface area contributed by atoms with E-state index < -0.39 is 52.9 Å². The van der Waals surface area contributed by atoms with Crippen molar-refractivity contribution in [2.45, 2.75) is 37.8 Å². The third-order valence-electron chi connectivity index (χ3n) is 7.45. The van der Waals surface area contributed by atoms with Gasteiger partial charge in [-0.2, -0.15) is 0 Å². The molecular formula is C31H24F2N2O5. The van der Waals surface area contributed by atoms with Gasteiger partial charge in [-0.1, -0.05) is 66.7 Å². The van der Waals surface area contributed by atoms with E-state index in [1.165, 1.54) is 16.8 Å². The van der Waals surface area contributed by atoms with Gasteiger partial charge in [-0.25, -0.2) is 8.78 Å². The molecule has 0 bridgehead atoms. The van der Waals surface area contributed by atoms with Gasteiger partial charge in [-0.3, -0.25) is 19.3 Å². The van der Waals surface area contributed by atoms with Gasteiger partial charge in [0.2, 0.25) is 5.43 Å². The minimum Gasteiger partial charge on any atom is -0.503 e. The minimum absolute atomic E-state index is 0.0666. The van der Waals surface area contributed by atoms with Gasteiger partial charge in [0.25, 0.3) is 5.91 Å². The normalized spacial score (nSPS) is 19.8. The standard InChI is InChI=1S/C31H24F2N2O5/c32-21-13-11-18(23(33)15-21)12-14-24(36)22-16-34-17-25-35(31(39)27(34)29(38)28(22)37)26(19-7-3-1-4-8-19)30(40-25)20-9-5-2-6-10-20/h1-11,13,15-16,25-26,30,38H,12,14,17H2/t25-,26-,30+/m1/s1. The number of ketones is 1. The fourth-order valence-corrected chi connectivity index (χ4v) is 5.53. The molecule has 0 aliphatic carbocycles. The summed E-state index contributed by atoms with van der Waals surface area (Å²) >= 11 is 0. The van der Waals surface area contributed by atoms with E-state index in [2.05, 4.69) is 0 Å². The molecule has 40 heavy (non-hydrogen) atoms. The first-order valence-electron chi connectivity index (χ1n) is 12.8. The van der Waals surface area contributed by atoms with Gasteiger partial charge in [0.05, 0.1) is 18.2 Å². The van der Waals surface area contributed by atoms with Crippen molar-refractivity contribution < 1.29 is 28.2 Å². The minimum atomic E-state index is -0.974. The lowest BCUT2D eigenvalue weighted by atomic mass is 9.94. The van der Waals surface area contributed by atoms with Crippen LogP contribution in [0.3, 0.4) is 0 Å². The summed E-state index contributed by atoms with van der Waals surface area (Å²) in [6.07, 6.45) is -0.292. The number of nitrogens with zero attached hydrogens (tertiary/aromatic N) is 2. The molecule has 2 aliphatic rings. The molecule has 0 spiro atoms. The Kier molecular flexibility index (Phi) is 6.51. The molecule has 0 saturated carbocycles. The first-order chi connectivity index (χ1) is 19.3. The van der Waals surface area contributed by atoms with E-state index in [4.69, 9.17) is 4.74 Å². The Labute approximate surface area is 227 Å². The molecule has 3 heterocycles. The van der Waals surface area contributed by atoms with Crippen LogP contribution in [0, 0.1) is 11.6 Å². The summed E-state index contributed by atoms with van der Waals surface area (Å²) in [5.41, 5.74) is 0.315. The Bertz CT molecular complexity index is 1670. The highest BCUT2D eigenvalue weighted by atomic mass is 19.1. The maximum absolute atomic E-state index is 14.0. The molecule has 4 aromatic rings. The Morgan fingerprint density at radius 3 is 2.30 bits per heavy atom.